The minimum absolute atomic E-state index is 0.183. The first-order chi connectivity index (χ1) is 9.47. The Labute approximate surface area is 115 Å². The van der Waals surface area contributed by atoms with Crippen molar-refractivity contribution in [2.24, 2.45) is 11.5 Å². The van der Waals surface area contributed by atoms with Gasteiger partial charge in [-0.05, 0) is 23.8 Å². The van der Waals surface area contributed by atoms with E-state index < -0.39 is 11.8 Å². The quantitative estimate of drug-likeness (QED) is 0.555. The average Bonchev–Trinajstić information content (AvgIpc) is 2.42. The Kier molecular flexibility index (Phi) is 5.12. The Balaban J connectivity index is 3.07. The summed E-state index contributed by atoms with van der Waals surface area (Å²) in [4.78, 5) is 21.6. The predicted molar refractivity (Wildman–Crippen MR) is 70.5 cm³/mol. The summed E-state index contributed by atoms with van der Waals surface area (Å²) in [6, 6.07) is 6.35. The number of nitriles is 1. The number of nitrogens with zero attached hydrogens (tertiary/aromatic N) is 1. The second kappa shape index (κ2) is 6.80. The van der Waals surface area contributed by atoms with Gasteiger partial charge < -0.3 is 20.9 Å². The number of amides is 2. The Morgan fingerprint density at radius 2 is 2.05 bits per heavy atom. The Morgan fingerprint density at radius 1 is 1.35 bits per heavy atom. The van der Waals surface area contributed by atoms with Crippen LogP contribution in [0.5, 0.6) is 11.5 Å². The fraction of sp³-hybridized carbons (Fsp3) is 0.154. The summed E-state index contributed by atoms with van der Waals surface area (Å²) in [5.41, 5.74) is 10.4. The Morgan fingerprint density at radius 3 is 2.55 bits per heavy atom. The molecule has 7 nitrogen and oxygen atoms in total. The van der Waals surface area contributed by atoms with Crippen molar-refractivity contribution < 1.29 is 19.1 Å². The monoisotopic (exact) mass is 275 g/mol. The molecule has 0 saturated carbocycles. The lowest BCUT2D eigenvalue weighted by Gasteiger charge is -2.10. The molecule has 2 amide bonds. The number of rotatable bonds is 6. The SMILES string of the molecule is COc1cc(/C=C(\C#N)C(N)=O)ccc1OCC(N)=O. The van der Waals surface area contributed by atoms with Crippen molar-refractivity contribution in [1.29, 1.82) is 5.26 Å². The van der Waals surface area contributed by atoms with Crippen molar-refractivity contribution in [1.82, 2.24) is 0 Å². The number of carbonyl (C=O) groups is 2. The third-order valence-corrected chi connectivity index (χ3v) is 2.25. The van der Waals surface area contributed by atoms with Gasteiger partial charge in [-0.2, -0.15) is 5.26 Å². The summed E-state index contributed by atoms with van der Waals surface area (Å²) >= 11 is 0. The lowest BCUT2D eigenvalue weighted by Crippen LogP contribution is -2.20. The highest BCUT2D eigenvalue weighted by Crippen LogP contribution is 2.28. The number of ether oxygens (including phenoxy) is 2. The van der Waals surface area contributed by atoms with Crippen LogP contribution in [0.15, 0.2) is 23.8 Å². The zero-order chi connectivity index (χ0) is 15.1. The highest BCUT2D eigenvalue weighted by molar-refractivity contribution is 6.00. The van der Waals surface area contributed by atoms with Gasteiger partial charge in [0.2, 0.25) is 0 Å². The molecule has 4 N–H and O–H groups in total. The van der Waals surface area contributed by atoms with Gasteiger partial charge in [0.15, 0.2) is 18.1 Å². The van der Waals surface area contributed by atoms with Crippen LogP contribution in [-0.4, -0.2) is 25.5 Å². The van der Waals surface area contributed by atoms with E-state index in [2.05, 4.69) is 0 Å². The number of methoxy groups -OCH3 is 1. The van der Waals surface area contributed by atoms with Crippen molar-refractivity contribution in [3.63, 3.8) is 0 Å². The van der Waals surface area contributed by atoms with E-state index in [-0.39, 0.29) is 12.2 Å². The third kappa shape index (κ3) is 4.03. The molecule has 0 spiro atoms. The van der Waals surface area contributed by atoms with Crippen molar-refractivity contribution in [2.45, 2.75) is 0 Å². The smallest absolute Gasteiger partial charge is 0.259 e. The van der Waals surface area contributed by atoms with Gasteiger partial charge in [-0.1, -0.05) is 6.07 Å². The molecule has 0 radical (unpaired) electrons. The number of nitrogens with two attached hydrogens (primary N) is 2. The first-order valence-corrected chi connectivity index (χ1v) is 5.48. The summed E-state index contributed by atoms with van der Waals surface area (Å²) in [5, 5.41) is 8.76. The summed E-state index contributed by atoms with van der Waals surface area (Å²) in [6.07, 6.45) is 1.32. The van der Waals surface area contributed by atoms with E-state index in [9.17, 15) is 9.59 Å². The highest BCUT2D eigenvalue weighted by atomic mass is 16.5. The predicted octanol–water partition coefficient (Wildman–Crippen LogP) is -0.0484. The third-order valence-electron chi connectivity index (χ3n) is 2.25. The van der Waals surface area contributed by atoms with E-state index in [4.69, 9.17) is 26.2 Å². The van der Waals surface area contributed by atoms with E-state index in [0.29, 0.717) is 17.1 Å². The molecule has 0 bridgehead atoms. The molecule has 0 aliphatic rings. The molecule has 104 valence electrons. The zero-order valence-corrected chi connectivity index (χ0v) is 10.8. The molecule has 0 saturated heterocycles. The molecular weight excluding hydrogens is 262 g/mol. The van der Waals surface area contributed by atoms with E-state index in [1.165, 1.54) is 25.3 Å². The lowest BCUT2D eigenvalue weighted by atomic mass is 10.1. The fourth-order valence-electron chi connectivity index (χ4n) is 1.37. The number of carbonyl (C=O) groups excluding carboxylic acids is 2. The van der Waals surface area contributed by atoms with Gasteiger partial charge in [-0.3, -0.25) is 9.59 Å². The molecule has 0 aliphatic heterocycles. The first kappa shape index (κ1) is 15.0. The van der Waals surface area contributed by atoms with Crippen molar-refractivity contribution >= 4 is 17.9 Å². The molecule has 1 aromatic carbocycles. The maximum absolute atomic E-state index is 11.0. The van der Waals surface area contributed by atoms with Gasteiger partial charge in [0.05, 0.1) is 7.11 Å². The topological polar surface area (TPSA) is 128 Å². The van der Waals surface area contributed by atoms with Crippen LogP contribution in [0.3, 0.4) is 0 Å². The molecule has 1 aromatic rings. The highest BCUT2D eigenvalue weighted by Gasteiger charge is 2.08. The van der Waals surface area contributed by atoms with Gasteiger partial charge in [0.1, 0.15) is 11.6 Å². The maximum atomic E-state index is 11.0. The molecule has 0 heterocycles. The second-order valence-electron chi connectivity index (χ2n) is 3.70. The van der Waals surface area contributed by atoms with Crippen LogP contribution in [-0.2, 0) is 9.59 Å². The van der Waals surface area contributed by atoms with E-state index in [0.717, 1.165) is 0 Å². The van der Waals surface area contributed by atoms with E-state index in [1.54, 1.807) is 12.1 Å². The first-order valence-electron chi connectivity index (χ1n) is 5.48. The van der Waals surface area contributed by atoms with Crippen LogP contribution in [0.4, 0.5) is 0 Å². The number of primary amides is 2. The summed E-state index contributed by atoms with van der Waals surface area (Å²) in [5.74, 6) is -0.778. The van der Waals surface area contributed by atoms with E-state index >= 15 is 0 Å². The zero-order valence-electron chi connectivity index (χ0n) is 10.8. The number of hydrogen-bond donors (Lipinski definition) is 2. The molecule has 1 rings (SSSR count). The Bertz CT molecular complexity index is 602. The van der Waals surface area contributed by atoms with Gasteiger partial charge in [0, 0.05) is 0 Å². The van der Waals surface area contributed by atoms with Crippen molar-refractivity contribution in [3.8, 4) is 17.6 Å². The largest absolute Gasteiger partial charge is 0.493 e. The van der Waals surface area contributed by atoms with Crippen LogP contribution in [0.1, 0.15) is 5.56 Å². The molecule has 0 aromatic heterocycles. The van der Waals surface area contributed by atoms with Crippen molar-refractivity contribution in [2.75, 3.05) is 13.7 Å². The molecule has 0 unspecified atom stereocenters. The van der Waals surface area contributed by atoms with Gasteiger partial charge >= 0.3 is 0 Å². The van der Waals surface area contributed by atoms with Gasteiger partial charge in [0.25, 0.3) is 11.8 Å². The maximum Gasteiger partial charge on any atom is 0.259 e. The molecular formula is C13H13N3O4. The van der Waals surface area contributed by atoms with Crippen LogP contribution < -0.4 is 20.9 Å². The summed E-state index contributed by atoms with van der Waals surface area (Å²) < 4.78 is 10.2. The molecule has 0 aliphatic carbocycles. The average molecular weight is 275 g/mol. The van der Waals surface area contributed by atoms with Crippen LogP contribution in [0, 0.1) is 11.3 Å². The van der Waals surface area contributed by atoms with Crippen LogP contribution in [0.25, 0.3) is 6.08 Å². The van der Waals surface area contributed by atoms with Gasteiger partial charge in [-0.25, -0.2) is 0 Å². The molecule has 0 atom stereocenters. The Hall–Kier alpha value is -3.01. The normalized spacial score (nSPS) is 10.5. The summed E-state index contributed by atoms with van der Waals surface area (Å²) in [6.45, 7) is -0.281. The van der Waals surface area contributed by atoms with Gasteiger partial charge in [-0.15, -0.1) is 0 Å². The fourth-order valence-corrected chi connectivity index (χ4v) is 1.37. The molecule has 0 fully saturated rings. The molecule has 20 heavy (non-hydrogen) atoms. The van der Waals surface area contributed by atoms with Crippen molar-refractivity contribution in [3.05, 3.63) is 29.3 Å². The standard InChI is InChI=1S/C13H13N3O4/c1-19-11-5-8(4-9(6-14)13(16)18)2-3-10(11)20-7-12(15)17/h2-5H,7H2,1H3,(H2,15,17)(H2,16,18)/b9-4+. The van der Waals surface area contributed by atoms with E-state index in [1.807, 2.05) is 0 Å². The number of hydrogen-bond acceptors (Lipinski definition) is 5. The second-order valence-corrected chi connectivity index (χ2v) is 3.70. The minimum Gasteiger partial charge on any atom is -0.493 e. The lowest BCUT2D eigenvalue weighted by molar-refractivity contribution is -0.120. The summed E-state index contributed by atoms with van der Waals surface area (Å²) in [7, 11) is 1.42. The minimum atomic E-state index is -0.819. The van der Waals surface area contributed by atoms with Crippen LogP contribution >= 0.6 is 0 Å². The number of benzene rings is 1. The molecule has 7 heteroatoms. The van der Waals surface area contributed by atoms with Crippen LogP contribution in [0.2, 0.25) is 0 Å².